The average molecular weight is 300 g/mol. The van der Waals surface area contributed by atoms with Crippen molar-refractivity contribution in [3.8, 4) is 0 Å². The number of aryl methyl sites for hydroxylation is 1. The fourth-order valence-corrected chi connectivity index (χ4v) is 3.56. The maximum Gasteiger partial charge on any atom is 0.166 e. The van der Waals surface area contributed by atoms with Gasteiger partial charge in [0.2, 0.25) is 0 Å². The average Bonchev–Trinajstić information content (AvgIpc) is 3.08. The van der Waals surface area contributed by atoms with Crippen LogP contribution in [0.3, 0.4) is 0 Å². The number of aromatic nitrogens is 6. The molecule has 0 N–H and O–H groups in total. The lowest BCUT2D eigenvalue weighted by molar-refractivity contribution is 0.945. The molecule has 0 bridgehead atoms. The van der Waals surface area contributed by atoms with Crippen LogP contribution in [0.1, 0.15) is 16.3 Å². The molecule has 0 saturated carbocycles. The van der Waals surface area contributed by atoms with Gasteiger partial charge in [0.1, 0.15) is 16.0 Å². The number of rotatable bonds is 2. The monoisotopic (exact) mass is 300 g/mol. The summed E-state index contributed by atoms with van der Waals surface area (Å²) in [6.07, 6.45) is 2.30. The third-order valence-electron chi connectivity index (χ3n) is 3.04. The molecule has 0 unspecified atom stereocenters. The van der Waals surface area contributed by atoms with Crippen molar-refractivity contribution in [1.82, 2.24) is 30.4 Å². The van der Waals surface area contributed by atoms with Gasteiger partial charge in [-0.15, -0.1) is 21.5 Å². The van der Waals surface area contributed by atoms with E-state index in [0.29, 0.717) is 6.42 Å². The molecule has 4 aromatic rings. The molecule has 0 aliphatic carbocycles. The molecule has 8 heteroatoms. The molecule has 4 heterocycles. The topological polar surface area (TPSA) is 77.3 Å². The summed E-state index contributed by atoms with van der Waals surface area (Å²) in [6.45, 7) is 2.03. The van der Waals surface area contributed by atoms with Gasteiger partial charge < -0.3 is 0 Å². The fraction of sp³-hybridized carbons (Fsp3) is 0.167. The molecule has 0 radical (unpaired) electrons. The summed E-state index contributed by atoms with van der Waals surface area (Å²) in [5, 5.41) is 17.4. The first-order valence-electron chi connectivity index (χ1n) is 5.94. The van der Waals surface area contributed by atoms with Crippen LogP contribution in [0.2, 0.25) is 0 Å². The number of fused-ring (bicyclic) bond motifs is 2. The number of hydrogen-bond donors (Lipinski definition) is 0. The first-order valence-corrected chi connectivity index (χ1v) is 7.63. The minimum absolute atomic E-state index is 0.646. The van der Waals surface area contributed by atoms with Gasteiger partial charge in [-0.1, -0.05) is 11.3 Å². The summed E-state index contributed by atoms with van der Waals surface area (Å²) in [4.78, 5) is 10.6. The number of thiazole rings is 2. The molecule has 0 fully saturated rings. The van der Waals surface area contributed by atoms with E-state index in [1.54, 1.807) is 11.7 Å². The second-order valence-electron chi connectivity index (χ2n) is 4.28. The van der Waals surface area contributed by atoms with Gasteiger partial charge in [0.25, 0.3) is 0 Å². The molecule has 0 aliphatic rings. The van der Waals surface area contributed by atoms with E-state index < -0.39 is 0 Å². The Morgan fingerprint density at radius 3 is 3.00 bits per heavy atom. The zero-order valence-corrected chi connectivity index (χ0v) is 12.1. The number of hydrogen-bond acceptors (Lipinski definition) is 8. The van der Waals surface area contributed by atoms with E-state index in [-0.39, 0.29) is 0 Å². The molecular formula is C12H8N6S2. The van der Waals surface area contributed by atoms with Crippen molar-refractivity contribution in [2.45, 2.75) is 13.3 Å². The smallest absolute Gasteiger partial charge is 0.166 e. The summed E-state index contributed by atoms with van der Waals surface area (Å²) in [5.41, 5.74) is 5.59. The molecule has 0 saturated heterocycles. The van der Waals surface area contributed by atoms with E-state index in [0.717, 1.165) is 37.0 Å². The van der Waals surface area contributed by atoms with Crippen LogP contribution in [0.4, 0.5) is 0 Å². The molecule has 0 atom stereocenters. The normalized spacial score (nSPS) is 11.4. The molecule has 0 aliphatic heterocycles. The quantitative estimate of drug-likeness (QED) is 0.565. The zero-order valence-electron chi connectivity index (χ0n) is 10.4. The van der Waals surface area contributed by atoms with E-state index in [4.69, 9.17) is 0 Å². The lowest BCUT2D eigenvalue weighted by Crippen LogP contribution is -1.98. The predicted octanol–water partition coefficient (Wildman–Crippen LogP) is 2.39. The maximum absolute atomic E-state index is 4.55. The van der Waals surface area contributed by atoms with Crippen LogP contribution in [0, 0.1) is 6.92 Å². The highest BCUT2D eigenvalue weighted by Gasteiger charge is 2.12. The second-order valence-corrected chi connectivity index (χ2v) is 6.18. The van der Waals surface area contributed by atoms with Crippen molar-refractivity contribution in [3.05, 3.63) is 34.0 Å². The van der Waals surface area contributed by atoms with Crippen molar-refractivity contribution < 1.29 is 0 Å². The van der Waals surface area contributed by atoms with Crippen LogP contribution >= 0.6 is 22.7 Å². The van der Waals surface area contributed by atoms with Crippen LogP contribution in [-0.4, -0.2) is 30.4 Å². The van der Waals surface area contributed by atoms with Crippen molar-refractivity contribution >= 4 is 43.4 Å². The van der Waals surface area contributed by atoms with Crippen molar-refractivity contribution in [3.63, 3.8) is 0 Å². The minimum atomic E-state index is 0.646. The van der Waals surface area contributed by atoms with Crippen molar-refractivity contribution in [2.75, 3.05) is 0 Å². The SMILES string of the molecule is Cc1c(Cc2nc3ccnnc3s2)nnc2scnc12. The maximum atomic E-state index is 4.55. The molecule has 20 heavy (non-hydrogen) atoms. The standard InChI is InChI=1S/C12H8N6S2/c1-6-8(16-18-12-10(6)13-5-19-12)4-9-15-7-2-3-14-17-11(7)20-9/h2-3,5H,4H2,1H3. The van der Waals surface area contributed by atoms with Gasteiger partial charge in [-0.3, -0.25) is 0 Å². The van der Waals surface area contributed by atoms with Crippen molar-refractivity contribution in [1.29, 1.82) is 0 Å². The van der Waals surface area contributed by atoms with Gasteiger partial charge in [0.05, 0.1) is 17.4 Å². The van der Waals surface area contributed by atoms with Crippen LogP contribution in [-0.2, 0) is 6.42 Å². The lowest BCUT2D eigenvalue weighted by Gasteiger charge is -2.01. The summed E-state index contributed by atoms with van der Waals surface area (Å²) >= 11 is 3.04. The van der Waals surface area contributed by atoms with E-state index >= 15 is 0 Å². The Labute approximate surface area is 121 Å². The minimum Gasteiger partial charge on any atom is -0.243 e. The van der Waals surface area contributed by atoms with Gasteiger partial charge in [-0.2, -0.15) is 10.2 Å². The Kier molecular flexibility index (Phi) is 2.64. The molecule has 98 valence electrons. The summed E-state index contributed by atoms with van der Waals surface area (Å²) in [5.74, 6) is 0. The zero-order chi connectivity index (χ0) is 13.5. The van der Waals surface area contributed by atoms with Gasteiger partial charge in [0, 0.05) is 12.0 Å². The third-order valence-corrected chi connectivity index (χ3v) is 4.71. The van der Waals surface area contributed by atoms with Crippen LogP contribution in [0.5, 0.6) is 0 Å². The summed E-state index contributed by atoms with van der Waals surface area (Å²) < 4.78 is 0. The Hall–Kier alpha value is -2.06. The third kappa shape index (κ3) is 1.84. The Bertz CT molecular complexity index is 880. The Morgan fingerprint density at radius 1 is 1.15 bits per heavy atom. The van der Waals surface area contributed by atoms with E-state index in [9.17, 15) is 0 Å². The van der Waals surface area contributed by atoms with Gasteiger partial charge in [-0.25, -0.2) is 9.97 Å². The Morgan fingerprint density at radius 2 is 2.10 bits per heavy atom. The highest BCUT2D eigenvalue weighted by Crippen LogP contribution is 2.24. The van der Waals surface area contributed by atoms with Crippen molar-refractivity contribution in [2.24, 2.45) is 0 Å². The lowest BCUT2D eigenvalue weighted by atomic mass is 10.2. The van der Waals surface area contributed by atoms with Crippen LogP contribution < -0.4 is 0 Å². The highest BCUT2D eigenvalue weighted by molar-refractivity contribution is 7.18. The predicted molar refractivity (Wildman–Crippen MR) is 78.0 cm³/mol. The molecule has 4 aromatic heterocycles. The van der Waals surface area contributed by atoms with Crippen LogP contribution in [0.15, 0.2) is 17.8 Å². The molecule has 0 amide bonds. The van der Waals surface area contributed by atoms with E-state index in [1.807, 2.05) is 13.0 Å². The fourth-order valence-electron chi connectivity index (χ4n) is 2.01. The van der Waals surface area contributed by atoms with E-state index in [2.05, 4.69) is 30.4 Å². The molecule has 0 spiro atoms. The van der Waals surface area contributed by atoms with Gasteiger partial charge >= 0.3 is 0 Å². The highest BCUT2D eigenvalue weighted by atomic mass is 32.1. The van der Waals surface area contributed by atoms with Gasteiger partial charge in [0.15, 0.2) is 9.66 Å². The van der Waals surface area contributed by atoms with E-state index in [1.165, 1.54) is 22.7 Å². The van der Waals surface area contributed by atoms with Crippen LogP contribution in [0.25, 0.3) is 20.7 Å². The molecule has 4 rings (SSSR count). The van der Waals surface area contributed by atoms with Gasteiger partial charge in [-0.05, 0) is 13.0 Å². The second kappa shape index (κ2) is 4.50. The largest absolute Gasteiger partial charge is 0.243 e. The molecule has 0 aromatic carbocycles. The first-order chi connectivity index (χ1) is 9.81. The Balaban J connectivity index is 1.78. The number of nitrogens with zero attached hydrogens (tertiary/aromatic N) is 6. The molecular weight excluding hydrogens is 292 g/mol. The summed E-state index contributed by atoms with van der Waals surface area (Å²) in [7, 11) is 0. The first kappa shape index (κ1) is 11.7. The molecule has 6 nitrogen and oxygen atoms in total. The summed E-state index contributed by atoms with van der Waals surface area (Å²) in [6, 6.07) is 1.87.